The number of piperazine rings is 1. The lowest BCUT2D eigenvalue weighted by Gasteiger charge is -2.33. The average Bonchev–Trinajstić information content (AvgIpc) is 2.52. The van der Waals surface area contributed by atoms with Crippen molar-refractivity contribution in [2.24, 2.45) is 5.73 Å². The Bertz CT molecular complexity index is 699. The highest BCUT2D eigenvalue weighted by molar-refractivity contribution is 7.89. The van der Waals surface area contributed by atoms with Crippen molar-refractivity contribution in [3.63, 3.8) is 0 Å². The molecule has 0 unspecified atom stereocenters. The van der Waals surface area contributed by atoms with Gasteiger partial charge in [-0.15, -0.1) is 13.2 Å². The van der Waals surface area contributed by atoms with Crippen LogP contribution in [0.3, 0.4) is 0 Å². The van der Waals surface area contributed by atoms with Crippen LogP contribution in [0.15, 0.2) is 29.2 Å². The van der Waals surface area contributed by atoms with Gasteiger partial charge in [0.1, 0.15) is 5.75 Å². The van der Waals surface area contributed by atoms with E-state index in [0.717, 1.165) is 24.3 Å². The van der Waals surface area contributed by atoms with Crippen molar-refractivity contribution in [3.8, 4) is 5.75 Å². The average molecular weight is 381 g/mol. The third-order valence-electron chi connectivity index (χ3n) is 3.70. The Morgan fingerprint density at radius 1 is 1.12 bits per heavy atom. The lowest BCUT2D eigenvalue weighted by Crippen LogP contribution is -2.49. The van der Waals surface area contributed by atoms with Gasteiger partial charge in [0.05, 0.1) is 4.90 Å². The van der Waals surface area contributed by atoms with E-state index >= 15 is 0 Å². The standard InChI is InChI=1S/C14H18F3N3O4S/c15-14(16,17)24-11-1-3-12(4-2-11)25(22,23)20-9-7-19(8-10-20)6-5-13(18)21/h1-4H,5-10H2,(H2,18,21). The highest BCUT2D eigenvalue weighted by Gasteiger charge is 2.32. The maximum atomic E-state index is 12.5. The normalized spacial score (nSPS) is 17.4. The van der Waals surface area contributed by atoms with Gasteiger partial charge in [0, 0.05) is 39.1 Å². The van der Waals surface area contributed by atoms with Gasteiger partial charge >= 0.3 is 6.36 Å². The molecule has 25 heavy (non-hydrogen) atoms. The van der Waals surface area contributed by atoms with Crippen molar-refractivity contribution in [1.29, 1.82) is 0 Å². The van der Waals surface area contributed by atoms with E-state index in [2.05, 4.69) is 4.74 Å². The summed E-state index contributed by atoms with van der Waals surface area (Å²) in [5.41, 5.74) is 5.08. The van der Waals surface area contributed by atoms with Crippen LogP contribution in [0.2, 0.25) is 0 Å². The Balaban J connectivity index is 1.99. The van der Waals surface area contributed by atoms with Gasteiger partial charge in [-0.3, -0.25) is 4.79 Å². The molecular weight excluding hydrogens is 363 g/mol. The largest absolute Gasteiger partial charge is 0.573 e. The van der Waals surface area contributed by atoms with Gasteiger partial charge in [-0.25, -0.2) is 8.42 Å². The van der Waals surface area contributed by atoms with Crippen LogP contribution < -0.4 is 10.5 Å². The molecule has 2 rings (SSSR count). The molecule has 0 aliphatic carbocycles. The van der Waals surface area contributed by atoms with Crippen molar-refractivity contribution >= 4 is 15.9 Å². The number of rotatable bonds is 6. The minimum absolute atomic E-state index is 0.104. The Hall–Kier alpha value is -1.85. The number of carbonyl (C=O) groups is 1. The molecular formula is C14H18F3N3O4S. The summed E-state index contributed by atoms with van der Waals surface area (Å²) >= 11 is 0. The number of hydrogen-bond donors (Lipinski definition) is 1. The highest BCUT2D eigenvalue weighted by Crippen LogP contribution is 2.25. The molecule has 1 aromatic carbocycles. The lowest BCUT2D eigenvalue weighted by molar-refractivity contribution is -0.274. The van der Waals surface area contributed by atoms with Gasteiger partial charge in [-0.1, -0.05) is 0 Å². The lowest BCUT2D eigenvalue weighted by atomic mass is 10.3. The molecule has 0 atom stereocenters. The number of primary amides is 1. The summed E-state index contributed by atoms with van der Waals surface area (Å²) in [6.07, 6.45) is -4.63. The Labute approximate surface area is 143 Å². The smallest absolute Gasteiger partial charge is 0.406 e. The molecule has 0 radical (unpaired) electrons. The van der Waals surface area contributed by atoms with Crippen LogP contribution in [0.1, 0.15) is 6.42 Å². The van der Waals surface area contributed by atoms with Gasteiger partial charge in [0.25, 0.3) is 0 Å². The molecule has 1 aromatic rings. The number of alkyl halides is 3. The maximum absolute atomic E-state index is 12.5. The molecule has 0 spiro atoms. The third kappa shape index (κ3) is 5.58. The molecule has 7 nitrogen and oxygen atoms in total. The third-order valence-corrected chi connectivity index (χ3v) is 5.61. The first-order valence-corrected chi connectivity index (χ1v) is 8.88. The quantitative estimate of drug-likeness (QED) is 0.786. The summed E-state index contributed by atoms with van der Waals surface area (Å²) in [5, 5.41) is 0. The van der Waals surface area contributed by atoms with Crippen LogP contribution in [0, 0.1) is 0 Å². The molecule has 1 amide bonds. The van der Waals surface area contributed by atoms with Crippen LogP contribution in [0.25, 0.3) is 0 Å². The summed E-state index contributed by atoms with van der Waals surface area (Å²) in [6.45, 7) is 1.81. The van der Waals surface area contributed by atoms with Crippen molar-refractivity contribution < 1.29 is 31.1 Å². The molecule has 0 aromatic heterocycles. The minimum Gasteiger partial charge on any atom is -0.406 e. The van der Waals surface area contributed by atoms with E-state index in [4.69, 9.17) is 5.73 Å². The number of hydrogen-bond acceptors (Lipinski definition) is 5. The number of nitrogens with two attached hydrogens (primary N) is 1. The summed E-state index contributed by atoms with van der Waals surface area (Å²) in [7, 11) is -3.80. The Kier molecular flexibility index (Phi) is 5.91. The van der Waals surface area contributed by atoms with Gasteiger partial charge in [0.2, 0.25) is 15.9 Å². The predicted molar refractivity (Wildman–Crippen MR) is 82.1 cm³/mol. The van der Waals surface area contributed by atoms with Crippen LogP contribution in [-0.2, 0) is 14.8 Å². The molecule has 140 valence electrons. The molecule has 0 bridgehead atoms. The van der Waals surface area contributed by atoms with E-state index < -0.39 is 28.0 Å². The SMILES string of the molecule is NC(=O)CCN1CCN(S(=O)(=O)c2ccc(OC(F)(F)F)cc2)CC1. The topological polar surface area (TPSA) is 92.9 Å². The first kappa shape index (κ1) is 19.5. The molecule has 1 saturated heterocycles. The van der Waals surface area contributed by atoms with Crippen LogP contribution in [-0.4, -0.2) is 62.6 Å². The number of carbonyl (C=O) groups excluding carboxylic acids is 1. The molecule has 1 aliphatic heterocycles. The molecule has 0 saturated carbocycles. The van der Waals surface area contributed by atoms with Crippen LogP contribution in [0.5, 0.6) is 5.75 Å². The van der Waals surface area contributed by atoms with Gasteiger partial charge < -0.3 is 15.4 Å². The second kappa shape index (κ2) is 7.58. The maximum Gasteiger partial charge on any atom is 0.573 e. The second-order valence-corrected chi connectivity index (χ2v) is 7.42. The minimum atomic E-state index is -4.83. The van der Waals surface area contributed by atoms with Gasteiger partial charge in [0.15, 0.2) is 0 Å². The van der Waals surface area contributed by atoms with E-state index in [0.29, 0.717) is 19.6 Å². The summed E-state index contributed by atoms with van der Waals surface area (Å²) in [4.78, 5) is 12.6. The molecule has 1 aliphatic rings. The predicted octanol–water partition coefficient (Wildman–Crippen LogP) is 0.767. The number of nitrogens with zero attached hydrogens (tertiary/aromatic N) is 2. The zero-order valence-corrected chi connectivity index (χ0v) is 14.0. The first-order valence-electron chi connectivity index (χ1n) is 7.44. The van der Waals surface area contributed by atoms with Crippen LogP contribution >= 0.6 is 0 Å². The van der Waals surface area contributed by atoms with Crippen molar-refractivity contribution in [2.75, 3.05) is 32.7 Å². The molecule has 1 heterocycles. The van der Waals surface area contributed by atoms with Gasteiger partial charge in [-0.05, 0) is 24.3 Å². The van der Waals surface area contributed by atoms with E-state index in [1.807, 2.05) is 4.90 Å². The Morgan fingerprint density at radius 2 is 1.68 bits per heavy atom. The molecule has 11 heteroatoms. The zero-order chi connectivity index (χ0) is 18.7. The number of amides is 1. The fourth-order valence-corrected chi connectivity index (χ4v) is 3.85. The zero-order valence-electron chi connectivity index (χ0n) is 13.2. The fraction of sp³-hybridized carbons (Fsp3) is 0.500. The van der Waals surface area contributed by atoms with Crippen LogP contribution in [0.4, 0.5) is 13.2 Å². The number of halogens is 3. The number of benzene rings is 1. The summed E-state index contributed by atoms with van der Waals surface area (Å²) < 4.78 is 66.4. The Morgan fingerprint density at radius 3 is 2.16 bits per heavy atom. The fourth-order valence-electron chi connectivity index (χ4n) is 2.42. The van der Waals surface area contributed by atoms with Crippen molar-refractivity contribution in [1.82, 2.24) is 9.21 Å². The summed E-state index contributed by atoms with van der Waals surface area (Å²) in [6, 6.07) is 4.08. The molecule has 2 N–H and O–H groups in total. The van der Waals surface area contributed by atoms with E-state index in [-0.39, 0.29) is 24.4 Å². The van der Waals surface area contributed by atoms with Gasteiger partial charge in [-0.2, -0.15) is 4.31 Å². The van der Waals surface area contributed by atoms with E-state index in [1.165, 1.54) is 4.31 Å². The summed E-state index contributed by atoms with van der Waals surface area (Å²) in [5.74, 6) is -0.904. The van der Waals surface area contributed by atoms with Crippen molar-refractivity contribution in [3.05, 3.63) is 24.3 Å². The van der Waals surface area contributed by atoms with Crippen molar-refractivity contribution in [2.45, 2.75) is 17.7 Å². The van der Waals surface area contributed by atoms with E-state index in [9.17, 15) is 26.4 Å². The number of ether oxygens (including phenoxy) is 1. The molecule has 1 fully saturated rings. The monoisotopic (exact) mass is 381 g/mol. The van der Waals surface area contributed by atoms with E-state index in [1.54, 1.807) is 0 Å². The second-order valence-electron chi connectivity index (χ2n) is 5.48. The highest BCUT2D eigenvalue weighted by atomic mass is 32.2. The number of sulfonamides is 1. The first-order chi connectivity index (χ1) is 11.6.